The molecule has 1 unspecified atom stereocenters. The van der Waals surface area contributed by atoms with Gasteiger partial charge in [-0.1, -0.05) is 18.2 Å². The molecule has 3 rings (SSSR count). The highest BCUT2D eigenvalue weighted by molar-refractivity contribution is 5.39. The molecule has 2 heterocycles. The fourth-order valence-corrected chi connectivity index (χ4v) is 2.27. The van der Waals surface area contributed by atoms with Crippen LogP contribution in [0.25, 0.3) is 0 Å². The van der Waals surface area contributed by atoms with E-state index in [0.29, 0.717) is 12.5 Å². The van der Waals surface area contributed by atoms with Gasteiger partial charge in [-0.25, -0.2) is 4.98 Å². The Morgan fingerprint density at radius 1 is 1.44 bits per heavy atom. The molecule has 1 aromatic heterocycles. The maximum absolute atomic E-state index is 5.66. The monoisotopic (exact) mass is 244 g/mol. The highest BCUT2D eigenvalue weighted by Gasteiger charge is 2.24. The van der Waals surface area contributed by atoms with Gasteiger partial charge in [-0.05, 0) is 13.1 Å². The second kappa shape index (κ2) is 4.78. The lowest BCUT2D eigenvalue weighted by atomic mass is 10.0. The molecule has 0 amide bonds. The van der Waals surface area contributed by atoms with Gasteiger partial charge in [-0.3, -0.25) is 4.68 Å². The standard InChI is InChI=1S/C13H16N4O/c1-14-6-13-15-9-17(16-13)7-10-8-18-12-5-3-2-4-11(10)12/h2-5,9-10,14H,6-8H2,1H3. The van der Waals surface area contributed by atoms with Crippen molar-refractivity contribution in [3.05, 3.63) is 42.0 Å². The van der Waals surface area contributed by atoms with Gasteiger partial charge in [0, 0.05) is 11.5 Å². The van der Waals surface area contributed by atoms with Crippen molar-refractivity contribution >= 4 is 0 Å². The summed E-state index contributed by atoms with van der Waals surface area (Å²) in [6.45, 7) is 2.24. The molecule has 1 aliphatic heterocycles. The van der Waals surface area contributed by atoms with Crippen LogP contribution in [0.5, 0.6) is 5.75 Å². The van der Waals surface area contributed by atoms with Crippen molar-refractivity contribution in [3.8, 4) is 5.75 Å². The van der Waals surface area contributed by atoms with E-state index in [-0.39, 0.29) is 0 Å². The Hall–Kier alpha value is -1.88. The Morgan fingerprint density at radius 2 is 2.33 bits per heavy atom. The molecule has 0 spiro atoms. The fraction of sp³-hybridized carbons (Fsp3) is 0.385. The van der Waals surface area contributed by atoms with Gasteiger partial charge in [0.25, 0.3) is 0 Å². The van der Waals surface area contributed by atoms with Crippen molar-refractivity contribution < 1.29 is 4.74 Å². The molecule has 1 aromatic carbocycles. The second-order valence-electron chi connectivity index (χ2n) is 4.46. The molecule has 18 heavy (non-hydrogen) atoms. The van der Waals surface area contributed by atoms with E-state index in [2.05, 4.69) is 21.5 Å². The lowest BCUT2D eigenvalue weighted by Gasteiger charge is -2.07. The summed E-state index contributed by atoms with van der Waals surface area (Å²) in [5.41, 5.74) is 1.27. The molecule has 0 aliphatic carbocycles. The number of nitrogens with zero attached hydrogens (tertiary/aromatic N) is 3. The average Bonchev–Trinajstić information content (AvgIpc) is 2.99. The zero-order chi connectivity index (χ0) is 12.4. The zero-order valence-electron chi connectivity index (χ0n) is 10.3. The molecule has 0 saturated carbocycles. The topological polar surface area (TPSA) is 52.0 Å². The first-order valence-corrected chi connectivity index (χ1v) is 6.11. The van der Waals surface area contributed by atoms with Crippen molar-refractivity contribution in [2.24, 2.45) is 0 Å². The number of fused-ring (bicyclic) bond motifs is 1. The van der Waals surface area contributed by atoms with Crippen molar-refractivity contribution in [3.63, 3.8) is 0 Å². The maximum atomic E-state index is 5.66. The van der Waals surface area contributed by atoms with Gasteiger partial charge < -0.3 is 10.1 Å². The number of rotatable bonds is 4. The van der Waals surface area contributed by atoms with Crippen LogP contribution in [0.4, 0.5) is 0 Å². The van der Waals surface area contributed by atoms with Gasteiger partial charge in [0.2, 0.25) is 0 Å². The fourth-order valence-electron chi connectivity index (χ4n) is 2.27. The molecule has 1 atom stereocenters. The number of para-hydroxylation sites is 1. The molecular weight excluding hydrogens is 228 g/mol. The molecule has 1 N–H and O–H groups in total. The van der Waals surface area contributed by atoms with Gasteiger partial charge in [0.15, 0.2) is 5.82 Å². The van der Waals surface area contributed by atoms with E-state index >= 15 is 0 Å². The molecule has 0 bridgehead atoms. The van der Waals surface area contributed by atoms with E-state index in [0.717, 1.165) is 24.7 Å². The molecular formula is C13H16N4O. The summed E-state index contributed by atoms with van der Waals surface area (Å²) in [6.07, 6.45) is 1.79. The van der Waals surface area contributed by atoms with E-state index in [1.54, 1.807) is 6.33 Å². The summed E-state index contributed by atoms with van der Waals surface area (Å²) in [6, 6.07) is 8.19. The maximum Gasteiger partial charge on any atom is 0.164 e. The van der Waals surface area contributed by atoms with Crippen molar-refractivity contribution in [1.29, 1.82) is 0 Å². The van der Waals surface area contributed by atoms with Gasteiger partial charge in [-0.2, -0.15) is 5.10 Å². The molecule has 2 aromatic rings. The lowest BCUT2D eigenvalue weighted by molar-refractivity contribution is 0.314. The normalized spacial score (nSPS) is 17.5. The summed E-state index contributed by atoms with van der Waals surface area (Å²) < 4.78 is 7.56. The Balaban J connectivity index is 1.73. The van der Waals surface area contributed by atoms with Gasteiger partial charge >= 0.3 is 0 Å². The quantitative estimate of drug-likeness (QED) is 0.877. The third-order valence-corrected chi connectivity index (χ3v) is 3.13. The van der Waals surface area contributed by atoms with E-state index in [1.807, 2.05) is 29.9 Å². The molecule has 0 fully saturated rings. The number of hydrogen-bond donors (Lipinski definition) is 1. The van der Waals surface area contributed by atoms with Crippen molar-refractivity contribution in [1.82, 2.24) is 20.1 Å². The zero-order valence-corrected chi connectivity index (χ0v) is 10.3. The number of hydrogen-bond acceptors (Lipinski definition) is 4. The minimum atomic E-state index is 0.366. The van der Waals surface area contributed by atoms with Crippen LogP contribution in [0.1, 0.15) is 17.3 Å². The predicted octanol–water partition coefficient (Wildman–Crippen LogP) is 1.17. The van der Waals surface area contributed by atoms with Crippen LogP contribution in [-0.4, -0.2) is 28.4 Å². The summed E-state index contributed by atoms with van der Waals surface area (Å²) >= 11 is 0. The van der Waals surface area contributed by atoms with Crippen molar-refractivity contribution in [2.75, 3.05) is 13.7 Å². The van der Waals surface area contributed by atoms with Crippen LogP contribution in [0, 0.1) is 0 Å². The Morgan fingerprint density at radius 3 is 3.22 bits per heavy atom. The van der Waals surface area contributed by atoms with E-state index in [9.17, 15) is 0 Å². The van der Waals surface area contributed by atoms with Crippen LogP contribution in [0.3, 0.4) is 0 Å². The molecule has 5 nitrogen and oxygen atoms in total. The minimum absolute atomic E-state index is 0.366. The number of aromatic nitrogens is 3. The average molecular weight is 244 g/mol. The number of nitrogens with one attached hydrogen (secondary N) is 1. The number of ether oxygens (including phenoxy) is 1. The number of benzene rings is 1. The lowest BCUT2D eigenvalue weighted by Crippen LogP contribution is -2.12. The third-order valence-electron chi connectivity index (χ3n) is 3.13. The minimum Gasteiger partial charge on any atom is -0.493 e. The van der Waals surface area contributed by atoms with Crippen LogP contribution in [0.2, 0.25) is 0 Å². The third kappa shape index (κ3) is 2.09. The van der Waals surface area contributed by atoms with Gasteiger partial charge in [0.05, 0.1) is 19.7 Å². The van der Waals surface area contributed by atoms with Gasteiger partial charge in [-0.15, -0.1) is 0 Å². The van der Waals surface area contributed by atoms with Gasteiger partial charge in [0.1, 0.15) is 12.1 Å². The summed E-state index contributed by atoms with van der Waals surface area (Å²) in [7, 11) is 1.89. The predicted molar refractivity (Wildman–Crippen MR) is 67.5 cm³/mol. The molecule has 94 valence electrons. The largest absolute Gasteiger partial charge is 0.493 e. The van der Waals surface area contributed by atoms with Crippen molar-refractivity contribution in [2.45, 2.75) is 19.0 Å². The van der Waals surface area contributed by atoms with Crippen LogP contribution in [0.15, 0.2) is 30.6 Å². The molecule has 0 saturated heterocycles. The van der Waals surface area contributed by atoms with Crippen LogP contribution < -0.4 is 10.1 Å². The van der Waals surface area contributed by atoms with E-state index in [4.69, 9.17) is 4.74 Å². The summed E-state index contributed by atoms with van der Waals surface area (Å²) in [4.78, 5) is 4.25. The molecule has 0 radical (unpaired) electrons. The molecule has 5 heteroatoms. The second-order valence-corrected chi connectivity index (χ2v) is 4.46. The SMILES string of the molecule is CNCc1ncn(CC2COc3ccccc32)n1. The molecule has 1 aliphatic rings. The highest BCUT2D eigenvalue weighted by Crippen LogP contribution is 2.34. The first kappa shape index (κ1) is 11.2. The summed E-state index contributed by atoms with van der Waals surface area (Å²) in [5, 5.41) is 7.47. The van der Waals surface area contributed by atoms with Crippen LogP contribution >= 0.6 is 0 Å². The Bertz CT molecular complexity index is 537. The van der Waals surface area contributed by atoms with E-state index < -0.39 is 0 Å². The summed E-state index contributed by atoms with van der Waals surface area (Å²) in [5.74, 6) is 2.19. The Labute approximate surface area is 106 Å². The van der Waals surface area contributed by atoms with E-state index in [1.165, 1.54) is 5.56 Å². The first-order chi connectivity index (χ1) is 8.86. The smallest absolute Gasteiger partial charge is 0.164 e. The highest BCUT2D eigenvalue weighted by atomic mass is 16.5. The Kier molecular flexibility index (Phi) is 2.98. The van der Waals surface area contributed by atoms with Crippen LogP contribution in [-0.2, 0) is 13.1 Å². The first-order valence-electron chi connectivity index (χ1n) is 6.11.